The predicted molar refractivity (Wildman–Crippen MR) is 122 cm³/mol. The maximum atomic E-state index is 12.7. The summed E-state index contributed by atoms with van der Waals surface area (Å²) >= 11 is 3.33. The van der Waals surface area contributed by atoms with Crippen LogP contribution in [0.25, 0.3) is 15.9 Å². The Balaban J connectivity index is 1.46. The van der Waals surface area contributed by atoms with Gasteiger partial charge in [-0.1, -0.05) is 32.5 Å². The molecule has 4 heterocycles. The van der Waals surface area contributed by atoms with E-state index in [2.05, 4.69) is 35.4 Å². The van der Waals surface area contributed by atoms with Crippen LogP contribution in [-0.4, -0.2) is 49.2 Å². The highest BCUT2D eigenvalue weighted by Gasteiger charge is 2.26. The zero-order chi connectivity index (χ0) is 20.8. The summed E-state index contributed by atoms with van der Waals surface area (Å²) in [5.41, 5.74) is 2.35. The number of carbonyl (C=O) groups excluding carboxylic acids is 1. The lowest BCUT2D eigenvalue weighted by Crippen LogP contribution is -2.38. The first-order valence-electron chi connectivity index (χ1n) is 11.1. The normalized spacial score (nSPS) is 20.2. The number of hydrogen-bond donors (Lipinski definition) is 0. The summed E-state index contributed by atoms with van der Waals surface area (Å²) in [6.45, 7) is 8.48. The molecule has 0 N–H and O–H groups in total. The van der Waals surface area contributed by atoms with E-state index in [1.54, 1.807) is 0 Å². The highest BCUT2D eigenvalue weighted by Crippen LogP contribution is 2.39. The molecule has 1 aliphatic heterocycles. The third-order valence-electron chi connectivity index (χ3n) is 6.62. The maximum Gasteiger partial charge on any atom is 0.233 e. The van der Waals surface area contributed by atoms with E-state index in [4.69, 9.17) is 4.98 Å². The number of hydrogen-bond acceptors (Lipinski definition) is 6. The third kappa shape index (κ3) is 3.51. The standard InChI is InChI=1S/C22H29N5OS2/c1-4-17-23-21-19(15-6-5-14(3)11-16(15)30-21)20-24-25-22(27(17)20)29-12-18(28)26-9-7-13(2)8-10-26/h13-14H,4-12H2,1-3H3/t14-/m0/s1. The SMILES string of the molecule is CCc1nc2sc3c(c2c2nnc(SCC(=O)N4CCC(C)CC4)n12)CC[C@H](C)C3. The molecule has 1 atom stereocenters. The van der Waals surface area contributed by atoms with E-state index >= 15 is 0 Å². The van der Waals surface area contributed by atoms with Crippen molar-refractivity contribution in [1.82, 2.24) is 24.5 Å². The number of nitrogens with zero attached hydrogens (tertiary/aromatic N) is 5. The quantitative estimate of drug-likeness (QED) is 0.560. The minimum atomic E-state index is 0.206. The second-order valence-electron chi connectivity index (χ2n) is 8.91. The van der Waals surface area contributed by atoms with Gasteiger partial charge in [0.1, 0.15) is 10.7 Å². The Morgan fingerprint density at radius 1 is 1.17 bits per heavy atom. The summed E-state index contributed by atoms with van der Waals surface area (Å²) in [7, 11) is 0. The lowest BCUT2D eigenvalue weighted by molar-refractivity contribution is -0.129. The number of fused-ring (bicyclic) bond motifs is 5. The van der Waals surface area contributed by atoms with Gasteiger partial charge in [-0.25, -0.2) is 4.98 Å². The van der Waals surface area contributed by atoms with Crippen LogP contribution in [0, 0.1) is 11.8 Å². The van der Waals surface area contributed by atoms with Crippen molar-refractivity contribution in [3.63, 3.8) is 0 Å². The Labute approximate surface area is 185 Å². The molecule has 30 heavy (non-hydrogen) atoms. The number of carbonyl (C=O) groups is 1. The van der Waals surface area contributed by atoms with E-state index in [9.17, 15) is 4.79 Å². The number of aromatic nitrogens is 4. The molecule has 0 aromatic carbocycles. The zero-order valence-corrected chi connectivity index (χ0v) is 19.6. The van der Waals surface area contributed by atoms with Gasteiger partial charge in [0.15, 0.2) is 10.8 Å². The number of aryl methyl sites for hydroxylation is 2. The molecule has 0 radical (unpaired) electrons. The first-order valence-corrected chi connectivity index (χ1v) is 12.9. The molecule has 3 aromatic heterocycles. The van der Waals surface area contributed by atoms with Crippen LogP contribution in [0.15, 0.2) is 5.16 Å². The molecule has 5 rings (SSSR count). The van der Waals surface area contributed by atoms with Crippen molar-refractivity contribution in [2.45, 2.75) is 64.5 Å². The van der Waals surface area contributed by atoms with Gasteiger partial charge in [0.05, 0.1) is 11.1 Å². The van der Waals surface area contributed by atoms with E-state index in [0.29, 0.717) is 5.75 Å². The van der Waals surface area contributed by atoms with Crippen LogP contribution in [0.3, 0.4) is 0 Å². The van der Waals surface area contributed by atoms with Crippen molar-refractivity contribution >= 4 is 44.9 Å². The fourth-order valence-electron chi connectivity index (χ4n) is 4.68. The predicted octanol–water partition coefficient (Wildman–Crippen LogP) is 4.38. The Morgan fingerprint density at radius 2 is 1.97 bits per heavy atom. The molecular formula is C22H29N5OS2. The highest BCUT2D eigenvalue weighted by atomic mass is 32.2. The Kier molecular flexibility index (Phi) is 5.47. The summed E-state index contributed by atoms with van der Waals surface area (Å²) in [5, 5.41) is 11.1. The Bertz CT molecular complexity index is 1100. The van der Waals surface area contributed by atoms with E-state index < -0.39 is 0 Å². The second kappa shape index (κ2) is 8.11. The average Bonchev–Trinajstić information content (AvgIpc) is 3.32. The maximum absolute atomic E-state index is 12.7. The van der Waals surface area contributed by atoms with Crippen LogP contribution in [0.1, 0.15) is 56.3 Å². The summed E-state index contributed by atoms with van der Waals surface area (Å²) in [4.78, 5) is 22.3. The minimum absolute atomic E-state index is 0.206. The lowest BCUT2D eigenvalue weighted by Gasteiger charge is -2.30. The molecule has 160 valence electrons. The number of thioether (sulfide) groups is 1. The first kappa shape index (κ1) is 20.2. The molecule has 6 nitrogen and oxygen atoms in total. The van der Waals surface area contributed by atoms with Gasteiger partial charge in [0, 0.05) is 24.4 Å². The molecule has 0 bridgehead atoms. The molecule has 2 aliphatic rings. The van der Waals surface area contributed by atoms with Crippen molar-refractivity contribution in [2.24, 2.45) is 11.8 Å². The molecule has 1 saturated heterocycles. The third-order valence-corrected chi connectivity index (χ3v) is 8.68. The Hall–Kier alpha value is -1.67. The van der Waals surface area contributed by atoms with Gasteiger partial charge in [-0.3, -0.25) is 9.20 Å². The largest absolute Gasteiger partial charge is 0.342 e. The fourth-order valence-corrected chi connectivity index (χ4v) is 6.93. The van der Waals surface area contributed by atoms with Crippen LogP contribution in [-0.2, 0) is 24.1 Å². The fraction of sp³-hybridized carbons (Fsp3) is 0.636. The van der Waals surface area contributed by atoms with E-state index in [1.165, 1.54) is 34.0 Å². The second-order valence-corrected chi connectivity index (χ2v) is 10.9. The van der Waals surface area contributed by atoms with E-state index in [0.717, 1.165) is 78.5 Å². The van der Waals surface area contributed by atoms with Crippen LogP contribution < -0.4 is 0 Å². The van der Waals surface area contributed by atoms with Crippen molar-refractivity contribution in [3.05, 3.63) is 16.3 Å². The van der Waals surface area contributed by atoms with Gasteiger partial charge in [0.2, 0.25) is 5.91 Å². The topological polar surface area (TPSA) is 63.4 Å². The smallest absolute Gasteiger partial charge is 0.233 e. The number of rotatable bonds is 4. The summed E-state index contributed by atoms with van der Waals surface area (Å²) in [6, 6.07) is 0. The van der Waals surface area contributed by atoms with Crippen LogP contribution in [0.5, 0.6) is 0 Å². The highest BCUT2D eigenvalue weighted by molar-refractivity contribution is 7.99. The van der Waals surface area contributed by atoms with E-state index in [-0.39, 0.29) is 5.91 Å². The molecule has 1 amide bonds. The van der Waals surface area contributed by atoms with Crippen molar-refractivity contribution in [1.29, 1.82) is 0 Å². The first-order chi connectivity index (χ1) is 14.5. The van der Waals surface area contributed by atoms with Crippen LogP contribution in [0.2, 0.25) is 0 Å². The van der Waals surface area contributed by atoms with Gasteiger partial charge in [0.25, 0.3) is 0 Å². The van der Waals surface area contributed by atoms with Crippen LogP contribution >= 0.6 is 23.1 Å². The minimum Gasteiger partial charge on any atom is -0.342 e. The lowest BCUT2D eigenvalue weighted by atomic mass is 9.89. The summed E-state index contributed by atoms with van der Waals surface area (Å²) in [6.07, 6.45) is 6.49. The number of piperidine rings is 1. The molecule has 1 aliphatic carbocycles. The molecule has 3 aromatic rings. The summed E-state index contributed by atoms with van der Waals surface area (Å²) in [5.74, 6) is 3.06. The van der Waals surface area contributed by atoms with Crippen molar-refractivity contribution in [2.75, 3.05) is 18.8 Å². The van der Waals surface area contributed by atoms with Gasteiger partial charge < -0.3 is 4.90 Å². The number of amides is 1. The number of thiophene rings is 1. The monoisotopic (exact) mass is 443 g/mol. The molecule has 0 unspecified atom stereocenters. The van der Waals surface area contributed by atoms with Crippen LogP contribution in [0.4, 0.5) is 0 Å². The zero-order valence-electron chi connectivity index (χ0n) is 18.0. The van der Waals surface area contributed by atoms with Gasteiger partial charge in [-0.15, -0.1) is 21.5 Å². The molecule has 0 spiro atoms. The van der Waals surface area contributed by atoms with Gasteiger partial charge >= 0.3 is 0 Å². The molecule has 0 saturated carbocycles. The average molecular weight is 444 g/mol. The van der Waals surface area contributed by atoms with E-state index in [1.807, 2.05) is 16.2 Å². The molecular weight excluding hydrogens is 414 g/mol. The van der Waals surface area contributed by atoms with Gasteiger partial charge in [-0.05, 0) is 49.5 Å². The molecule has 8 heteroatoms. The van der Waals surface area contributed by atoms with Crippen molar-refractivity contribution < 1.29 is 4.79 Å². The number of likely N-dealkylation sites (tertiary alicyclic amines) is 1. The Morgan fingerprint density at radius 3 is 2.73 bits per heavy atom. The van der Waals surface area contributed by atoms with Gasteiger partial charge in [-0.2, -0.15) is 0 Å². The van der Waals surface area contributed by atoms with Crippen molar-refractivity contribution in [3.8, 4) is 0 Å². The summed E-state index contributed by atoms with van der Waals surface area (Å²) < 4.78 is 2.10. The molecule has 1 fully saturated rings.